The lowest BCUT2D eigenvalue weighted by Gasteiger charge is -2.09. The maximum atomic E-state index is 12.3. The van der Waals surface area contributed by atoms with Crippen LogP contribution in [0, 0.1) is 10.1 Å². The van der Waals surface area contributed by atoms with Gasteiger partial charge in [-0.2, -0.15) is 0 Å². The Morgan fingerprint density at radius 1 is 1.17 bits per heavy atom. The molecule has 0 unspecified atom stereocenters. The van der Waals surface area contributed by atoms with Crippen LogP contribution in [-0.2, 0) is 11.3 Å². The Hall–Kier alpha value is -3.20. The molecule has 1 heterocycles. The molecular weight excluding hydrogens is 402 g/mol. The van der Waals surface area contributed by atoms with E-state index in [4.69, 9.17) is 0 Å². The van der Waals surface area contributed by atoms with E-state index < -0.39 is 4.92 Å². The number of thioether (sulfide) groups is 1. The molecule has 0 aliphatic carbocycles. The van der Waals surface area contributed by atoms with Gasteiger partial charge in [0.2, 0.25) is 5.91 Å². The maximum absolute atomic E-state index is 12.3. The second-order valence-corrected chi connectivity index (χ2v) is 7.88. The molecule has 0 fully saturated rings. The highest BCUT2D eigenvalue weighted by Crippen LogP contribution is 2.27. The van der Waals surface area contributed by atoms with Crippen molar-refractivity contribution in [2.75, 3.05) is 11.1 Å². The predicted molar refractivity (Wildman–Crippen MR) is 118 cm³/mol. The average Bonchev–Trinajstić information content (AvgIpc) is 3.15. The first-order valence-corrected chi connectivity index (χ1v) is 10.6. The summed E-state index contributed by atoms with van der Waals surface area (Å²) >= 11 is 1.24. The molecule has 3 aromatic rings. The van der Waals surface area contributed by atoms with Crippen LogP contribution >= 0.6 is 11.8 Å². The summed E-state index contributed by atoms with van der Waals surface area (Å²) in [5, 5.41) is 22.8. The fraction of sp³-hybridized carbons (Fsp3) is 0.286. The summed E-state index contributed by atoms with van der Waals surface area (Å²) in [6.45, 7) is 6.94. The van der Waals surface area contributed by atoms with Gasteiger partial charge in [0, 0.05) is 18.2 Å². The molecule has 3 rings (SSSR count). The summed E-state index contributed by atoms with van der Waals surface area (Å²) in [5.41, 5.74) is 2.25. The third-order valence-electron chi connectivity index (χ3n) is 4.58. The zero-order chi connectivity index (χ0) is 21.7. The molecule has 0 atom stereocenters. The molecule has 0 aliphatic rings. The highest BCUT2D eigenvalue weighted by molar-refractivity contribution is 7.99. The number of nitro benzene ring substituents is 1. The van der Waals surface area contributed by atoms with E-state index in [1.54, 1.807) is 12.1 Å². The third kappa shape index (κ3) is 4.85. The van der Waals surface area contributed by atoms with Crippen molar-refractivity contribution in [1.82, 2.24) is 14.8 Å². The average molecular weight is 426 g/mol. The van der Waals surface area contributed by atoms with Gasteiger partial charge in [-0.1, -0.05) is 62.0 Å². The van der Waals surface area contributed by atoms with Crippen molar-refractivity contribution >= 4 is 29.0 Å². The first-order chi connectivity index (χ1) is 14.4. The normalized spacial score (nSPS) is 10.9. The van der Waals surface area contributed by atoms with Gasteiger partial charge in [-0.05, 0) is 24.5 Å². The van der Waals surface area contributed by atoms with Crippen molar-refractivity contribution < 1.29 is 9.72 Å². The molecule has 0 saturated carbocycles. The standard InChI is InChI=1S/C21H23N5O3S/c1-4-25-20(16-11-9-15(10-12-16)14(2)3)23-24-21(25)30-13-19(27)22-17-7-5-6-8-18(17)26(28)29/h5-12,14H,4,13H2,1-3H3,(H,22,27). The topological polar surface area (TPSA) is 103 Å². The first kappa shape index (κ1) is 21.5. The smallest absolute Gasteiger partial charge is 0.292 e. The number of hydrogen-bond donors (Lipinski definition) is 1. The van der Waals surface area contributed by atoms with Gasteiger partial charge in [-0.3, -0.25) is 14.9 Å². The molecule has 9 heteroatoms. The lowest BCUT2D eigenvalue weighted by atomic mass is 10.0. The first-order valence-electron chi connectivity index (χ1n) is 9.60. The van der Waals surface area contributed by atoms with Crippen molar-refractivity contribution in [3.05, 3.63) is 64.2 Å². The fourth-order valence-corrected chi connectivity index (χ4v) is 3.77. The highest BCUT2D eigenvalue weighted by Gasteiger charge is 2.17. The van der Waals surface area contributed by atoms with Crippen LogP contribution in [0.3, 0.4) is 0 Å². The molecule has 0 bridgehead atoms. The number of amides is 1. The van der Waals surface area contributed by atoms with Crippen LogP contribution in [0.15, 0.2) is 53.7 Å². The second-order valence-electron chi connectivity index (χ2n) is 6.94. The number of aromatic nitrogens is 3. The van der Waals surface area contributed by atoms with Crippen molar-refractivity contribution in [1.29, 1.82) is 0 Å². The molecular formula is C21H23N5O3S. The van der Waals surface area contributed by atoms with Crippen molar-refractivity contribution in [3.63, 3.8) is 0 Å². The largest absolute Gasteiger partial charge is 0.320 e. The van der Waals surface area contributed by atoms with E-state index in [9.17, 15) is 14.9 Å². The number of benzene rings is 2. The number of carbonyl (C=O) groups is 1. The van der Waals surface area contributed by atoms with Crippen LogP contribution in [0.2, 0.25) is 0 Å². The van der Waals surface area contributed by atoms with E-state index in [0.29, 0.717) is 17.6 Å². The number of anilines is 1. The number of nitro groups is 1. The van der Waals surface area contributed by atoms with Gasteiger partial charge < -0.3 is 9.88 Å². The molecule has 0 saturated heterocycles. The summed E-state index contributed by atoms with van der Waals surface area (Å²) in [7, 11) is 0. The number of carbonyl (C=O) groups excluding carboxylic acids is 1. The van der Waals surface area contributed by atoms with Gasteiger partial charge in [-0.15, -0.1) is 10.2 Å². The van der Waals surface area contributed by atoms with E-state index >= 15 is 0 Å². The number of hydrogen-bond acceptors (Lipinski definition) is 6. The number of nitrogens with one attached hydrogen (secondary N) is 1. The van der Waals surface area contributed by atoms with E-state index in [-0.39, 0.29) is 23.0 Å². The Balaban J connectivity index is 1.70. The van der Waals surface area contributed by atoms with Crippen LogP contribution in [0.4, 0.5) is 11.4 Å². The van der Waals surface area contributed by atoms with Crippen molar-refractivity contribution in [2.45, 2.75) is 38.4 Å². The number of para-hydroxylation sites is 2. The molecule has 1 amide bonds. The quantitative estimate of drug-likeness (QED) is 0.318. The minimum absolute atomic E-state index is 0.0659. The molecule has 30 heavy (non-hydrogen) atoms. The minimum atomic E-state index is -0.521. The Labute approximate surface area is 178 Å². The number of nitrogens with zero attached hydrogens (tertiary/aromatic N) is 4. The van der Waals surface area contributed by atoms with E-state index in [2.05, 4.69) is 41.5 Å². The fourth-order valence-electron chi connectivity index (χ4n) is 2.97. The lowest BCUT2D eigenvalue weighted by molar-refractivity contribution is -0.383. The third-order valence-corrected chi connectivity index (χ3v) is 5.54. The van der Waals surface area contributed by atoms with Gasteiger partial charge in [0.25, 0.3) is 5.69 Å². The molecule has 0 aliphatic heterocycles. The molecule has 0 spiro atoms. The van der Waals surface area contributed by atoms with Gasteiger partial charge in [0.1, 0.15) is 5.69 Å². The molecule has 0 radical (unpaired) electrons. The SMILES string of the molecule is CCn1c(SCC(=O)Nc2ccccc2[N+](=O)[O-])nnc1-c1ccc(C(C)C)cc1. The van der Waals surface area contributed by atoms with E-state index in [1.807, 2.05) is 23.6 Å². The van der Waals surface area contributed by atoms with Gasteiger partial charge in [0.15, 0.2) is 11.0 Å². The lowest BCUT2D eigenvalue weighted by Crippen LogP contribution is -2.15. The van der Waals surface area contributed by atoms with Gasteiger partial charge >= 0.3 is 0 Å². The van der Waals surface area contributed by atoms with Crippen LogP contribution in [0.25, 0.3) is 11.4 Å². The monoisotopic (exact) mass is 425 g/mol. The van der Waals surface area contributed by atoms with E-state index in [1.165, 1.54) is 29.5 Å². The summed E-state index contributed by atoms with van der Waals surface area (Å²) in [6.07, 6.45) is 0. The van der Waals surface area contributed by atoms with Crippen LogP contribution in [0.5, 0.6) is 0 Å². The zero-order valence-electron chi connectivity index (χ0n) is 17.0. The van der Waals surface area contributed by atoms with Crippen LogP contribution < -0.4 is 5.32 Å². The van der Waals surface area contributed by atoms with Gasteiger partial charge in [0.05, 0.1) is 10.7 Å². The predicted octanol–water partition coefficient (Wildman–Crippen LogP) is 4.73. The summed E-state index contributed by atoms with van der Waals surface area (Å²) < 4.78 is 1.95. The Bertz CT molecular complexity index is 1050. The molecule has 8 nitrogen and oxygen atoms in total. The second kappa shape index (κ2) is 9.53. The molecule has 156 valence electrons. The van der Waals surface area contributed by atoms with Crippen molar-refractivity contribution in [2.24, 2.45) is 0 Å². The van der Waals surface area contributed by atoms with E-state index in [0.717, 1.165) is 11.4 Å². The van der Waals surface area contributed by atoms with Crippen LogP contribution in [-0.4, -0.2) is 31.3 Å². The molecule has 1 aromatic heterocycles. The minimum Gasteiger partial charge on any atom is -0.320 e. The molecule has 1 N–H and O–H groups in total. The summed E-state index contributed by atoms with van der Waals surface area (Å²) in [5.74, 6) is 0.918. The highest BCUT2D eigenvalue weighted by atomic mass is 32.2. The zero-order valence-corrected chi connectivity index (χ0v) is 17.8. The van der Waals surface area contributed by atoms with Crippen molar-refractivity contribution in [3.8, 4) is 11.4 Å². The Morgan fingerprint density at radius 2 is 1.87 bits per heavy atom. The Kier molecular flexibility index (Phi) is 6.83. The maximum Gasteiger partial charge on any atom is 0.292 e. The van der Waals surface area contributed by atoms with Gasteiger partial charge in [-0.25, -0.2) is 0 Å². The summed E-state index contributed by atoms with van der Waals surface area (Å²) in [6, 6.07) is 14.3. The summed E-state index contributed by atoms with van der Waals surface area (Å²) in [4.78, 5) is 22.9. The van der Waals surface area contributed by atoms with Crippen LogP contribution in [0.1, 0.15) is 32.3 Å². The number of rotatable bonds is 8. The molecule has 2 aromatic carbocycles. The Morgan fingerprint density at radius 3 is 2.50 bits per heavy atom.